The van der Waals surface area contributed by atoms with Gasteiger partial charge in [-0.3, -0.25) is 9.89 Å². The molecule has 1 aliphatic rings. The molecule has 1 saturated carbocycles. The van der Waals surface area contributed by atoms with E-state index in [-0.39, 0.29) is 5.91 Å². The molecular formula is C12H16N4O. The number of nitrogens with zero attached hydrogens (tertiary/aromatic N) is 2. The van der Waals surface area contributed by atoms with Crippen LogP contribution in [-0.4, -0.2) is 16.1 Å². The number of aromatic amines is 1. The summed E-state index contributed by atoms with van der Waals surface area (Å²) in [6, 6.07) is 3.95. The second-order valence-corrected chi connectivity index (χ2v) is 4.64. The number of hydrogen-bond acceptors (Lipinski definition) is 3. The number of rotatable bonds is 2. The number of carbonyl (C=O) groups is 1. The molecule has 5 heteroatoms. The molecule has 0 aliphatic heterocycles. The lowest BCUT2D eigenvalue weighted by atomic mass is 9.74. The van der Waals surface area contributed by atoms with E-state index in [1.807, 2.05) is 6.92 Å². The Bertz CT molecular complexity index is 451. The summed E-state index contributed by atoms with van der Waals surface area (Å²) < 4.78 is 0. The van der Waals surface area contributed by atoms with E-state index in [9.17, 15) is 10.1 Å². The van der Waals surface area contributed by atoms with Crippen molar-refractivity contribution in [3.63, 3.8) is 0 Å². The van der Waals surface area contributed by atoms with E-state index in [1.165, 1.54) is 0 Å². The molecule has 5 nitrogen and oxygen atoms in total. The van der Waals surface area contributed by atoms with Crippen LogP contribution in [0.15, 0.2) is 6.07 Å². The van der Waals surface area contributed by atoms with Crippen LogP contribution in [-0.2, 0) is 4.79 Å². The Balaban J connectivity index is 2.10. The number of hydrogen-bond donors (Lipinski definition) is 2. The lowest BCUT2D eigenvalue weighted by Gasteiger charge is -2.28. The highest BCUT2D eigenvalue weighted by molar-refractivity contribution is 5.96. The Morgan fingerprint density at radius 2 is 2.24 bits per heavy atom. The third-order valence-electron chi connectivity index (χ3n) is 3.30. The number of aromatic nitrogens is 2. The van der Waals surface area contributed by atoms with E-state index in [4.69, 9.17) is 0 Å². The van der Waals surface area contributed by atoms with Crippen molar-refractivity contribution in [3.05, 3.63) is 11.8 Å². The highest BCUT2D eigenvalue weighted by Gasteiger charge is 2.40. The molecule has 1 heterocycles. The molecule has 1 aliphatic carbocycles. The van der Waals surface area contributed by atoms with Crippen LogP contribution in [0.2, 0.25) is 0 Å². The van der Waals surface area contributed by atoms with Gasteiger partial charge in [0.1, 0.15) is 5.41 Å². The van der Waals surface area contributed by atoms with Crippen LogP contribution in [0.1, 0.15) is 37.8 Å². The predicted molar refractivity (Wildman–Crippen MR) is 63.1 cm³/mol. The third kappa shape index (κ3) is 2.31. The van der Waals surface area contributed by atoms with Crippen molar-refractivity contribution in [3.8, 4) is 6.07 Å². The normalized spacial score (nSPS) is 18.4. The zero-order valence-corrected chi connectivity index (χ0v) is 9.92. The second-order valence-electron chi connectivity index (χ2n) is 4.64. The van der Waals surface area contributed by atoms with Gasteiger partial charge >= 0.3 is 0 Å². The van der Waals surface area contributed by atoms with Gasteiger partial charge in [0, 0.05) is 11.8 Å². The first-order valence-corrected chi connectivity index (χ1v) is 5.91. The van der Waals surface area contributed by atoms with Crippen LogP contribution in [0.5, 0.6) is 0 Å². The average Bonchev–Trinajstić information content (AvgIpc) is 2.75. The largest absolute Gasteiger partial charge is 0.308 e. The third-order valence-corrected chi connectivity index (χ3v) is 3.30. The van der Waals surface area contributed by atoms with Crippen LogP contribution in [0.3, 0.4) is 0 Å². The summed E-state index contributed by atoms with van der Waals surface area (Å²) in [6.45, 7) is 1.86. The standard InChI is InChI=1S/C12H16N4O/c1-9-7-10(16-15-9)14-11(17)12(8-13)5-3-2-4-6-12/h7H,2-6H2,1H3,(H2,14,15,16,17). The molecule has 0 unspecified atom stereocenters. The predicted octanol–water partition coefficient (Wildman–Crippen LogP) is 2.13. The molecule has 0 radical (unpaired) electrons. The minimum Gasteiger partial charge on any atom is -0.308 e. The Hall–Kier alpha value is -1.83. The van der Waals surface area contributed by atoms with Gasteiger partial charge in [-0.2, -0.15) is 10.4 Å². The van der Waals surface area contributed by atoms with E-state index in [0.717, 1.165) is 25.0 Å². The van der Waals surface area contributed by atoms with Crippen LogP contribution < -0.4 is 5.32 Å². The summed E-state index contributed by atoms with van der Waals surface area (Å²) in [5.41, 5.74) is 0.0282. The quantitative estimate of drug-likeness (QED) is 0.819. The van der Waals surface area contributed by atoms with Crippen molar-refractivity contribution >= 4 is 11.7 Å². The summed E-state index contributed by atoms with van der Waals surface area (Å²) in [7, 11) is 0. The number of nitrogens with one attached hydrogen (secondary N) is 2. The van der Waals surface area contributed by atoms with Crippen molar-refractivity contribution in [2.75, 3.05) is 5.32 Å². The van der Waals surface area contributed by atoms with Gasteiger partial charge in [-0.15, -0.1) is 0 Å². The van der Waals surface area contributed by atoms with Gasteiger partial charge in [0.15, 0.2) is 5.82 Å². The Kier molecular flexibility index (Phi) is 3.14. The fourth-order valence-electron chi connectivity index (χ4n) is 2.26. The average molecular weight is 232 g/mol. The van der Waals surface area contributed by atoms with Crippen LogP contribution in [0.25, 0.3) is 0 Å². The fraction of sp³-hybridized carbons (Fsp3) is 0.583. The van der Waals surface area contributed by atoms with E-state index in [2.05, 4.69) is 21.6 Å². The highest BCUT2D eigenvalue weighted by Crippen LogP contribution is 2.36. The van der Waals surface area contributed by atoms with Gasteiger partial charge in [0.2, 0.25) is 5.91 Å². The SMILES string of the molecule is Cc1cc(NC(=O)C2(C#N)CCCCC2)n[nH]1. The van der Waals surface area contributed by atoms with E-state index >= 15 is 0 Å². The maximum absolute atomic E-state index is 12.1. The summed E-state index contributed by atoms with van der Waals surface area (Å²) in [5, 5.41) is 18.7. The Labute approximate surface area is 100 Å². The molecule has 2 rings (SSSR count). The molecule has 0 spiro atoms. The Morgan fingerprint density at radius 1 is 1.53 bits per heavy atom. The number of aryl methyl sites for hydroxylation is 1. The smallest absolute Gasteiger partial charge is 0.246 e. The molecule has 0 atom stereocenters. The summed E-state index contributed by atoms with van der Waals surface area (Å²) >= 11 is 0. The minimum atomic E-state index is -0.856. The zero-order chi connectivity index (χ0) is 12.3. The molecule has 1 aromatic rings. The van der Waals surface area contributed by atoms with Crippen molar-refractivity contribution < 1.29 is 4.79 Å². The zero-order valence-electron chi connectivity index (χ0n) is 9.92. The second kappa shape index (κ2) is 4.58. The lowest BCUT2D eigenvalue weighted by Crippen LogP contribution is -2.36. The highest BCUT2D eigenvalue weighted by atomic mass is 16.2. The summed E-state index contributed by atoms with van der Waals surface area (Å²) in [6.07, 6.45) is 4.30. The summed E-state index contributed by atoms with van der Waals surface area (Å²) in [4.78, 5) is 12.1. The van der Waals surface area contributed by atoms with Crippen LogP contribution in [0.4, 0.5) is 5.82 Å². The first-order chi connectivity index (χ1) is 8.16. The van der Waals surface area contributed by atoms with E-state index in [1.54, 1.807) is 6.07 Å². The monoisotopic (exact) mass is 232 g/mol. The molecule has 2 N–H and O–H groups in total. The van der Waals surface area contributed by atoms with E-state index in [0.29, 0.717) is 18.7 Å². The number of carbonyl (C=O) groups excluding carboxylic acids is 1. The number of anilines is 1. The van der Waals surface area contributed by atoms with Crippen molar-refractivity contribution in [2.24, 2.45) is 5.41 Å². The summed E-state index contributed by atoms with van der Waals surface area (Å²) in [5.74, 6) is 0.277. The van der Waals surface area contributed by atoms with Crippen molar-refractivity contribution in [2.45, 2.75) is 39.0 Å². The molecule has 90 valence electrons. The van der Waals surface area contributed by atoms with Gasteiger partial charge in [0.05, 0.1) is 6.07 Å². The molecule has 1 fully saturated rings. The lowest BCUT2D eigenvalue weighted by molar-refractivity contribution is -0.124. The maximum Gasteiger partial charge on any atom is 0.246 e. The first kappa shape index (κ1) is 11.6. The number of H-pyrrole nitrogens is 1. The van der Waals surface area contributed by atoms with Gasteiger partial charge in [-0.25, -0.2) is 0 Å². The first-order valence-electron chi connectivity index (χ1n) is 5.91. The van der Waals surface area contributed by atoms with Gasteiger partial charge in [-0.1, -0.05) is 19.3 Å². The molecule has 1 aromatic heterocycles. The molecule has 1 amide bonds. The molecule has 17 heavy (non-hydrogen) atoms. The van der Waals surface area contributed by atoms with Crippen LogP contribution in [0, 0.1) is 23.7 Å². The van der Waals surface area contributed by atoms with Gasteiger partial charge in [-0.05, 0) is 19.8 Å². The van der Waals surface area contributed by atoms with Gasteiger partial charge in [0.25, 0.3) is 0 Å². The van der Waals surface area contributed by atoms with Crippen LogP contribution >= 0.6 is 0 Å². The molecule has 0 aromatic carbocycles. The minimum absolute atomic E-state index is 0.216. The molecule has 0 bridgehead atoms. The molecular weight excluding hydrogens is 216 g/mol. The molecule has 0 saturated heterocycles. The van der Waals surface area contributed by atoms with E-state index < -0.39 is 5.41 Å². The number of amides is 1. The topological polar surface area (TPSA) is 81.6 Å². The van der Waals surface area contributed by atoms with Crippen molar-refractivity contribution in [1.82, 2.24) is 10.2 Å². The number of nitriles is 1. The van der Waals surface area contributed by atoms with Gasteiger partial charge < -0.3 is 5.32 Å². The fourth-order valence-corrected chi connectivity index (χ4v) is 2.26. The van der Waals surface area contributed by atoms with Crippen molar-refractivity contribution in [1.29, 1.82) is 5.26 Å². The maximum atomic E-state index is 12.1. The Morgan fingerprint density at radius 3 is 2.76 bits per heavy atom.